The quantitative estimate of drug-likeness (QED) is 0.519. The number of hydrogen-bond donors (Lipinski definition) is 2. The molecule has 12 heavy (non-hydrogen) atoms. The zero-order valence-corrected chi connectivity index (χ0v) is 7.81. The molecule has 0 saturated carbocycles. The summed E-state index contributed by atoms with van der Waals surface area (Å²) in [4.78, 5) is 0. The fourth-order valence-corrected chi connectivity index (χ4v) is 1.81. The van der Waals surface area contributed by atoms with Crippen LogP contribution in [0.5, 0.6) is 0 Å². The van der Waals surface area contributed by atoms with E-state index in [1.807, 2.05) is 0 Å². The standard InChI is InChI=1S/C9H14N2S/c10-9(11)12-7-6-8-4-2-1-3-5-8/h1-4,8H,5-7H2,(H3,10,11). The number of allylic oxidation sites excluding steroid dienone is 4. The maximum Gasteiger partial charge on any atom is 0.151 e. The van der Waals surface area contributed by atoms with Gasteiger partial charge in [0, 0.05) is 5.75 Å². The molecule has 1 aliphatic rings. The predicted octanol–water partition coefficient (Wildman–Crippen LogP) is 2.14. The van der Waals surface area contributed by atoms with Crippen LogP contribution in [-0.2, 0) is 0 Å². The molecular formula is C9H14N2S. The van der Waals surface area contributed by atoms with E-state index in [2.05, 4.69) is 24.3 Å². The largest absolute Gasteiger partial charge is 0.379 e. The molecule has 66 valence electrons. The minimum absolute atomic E-state index is 0.227. The number of nitrogens with two attached hydrogens (primary N) is 1. The fraction of sp³-hybridized carbons (Fsp3) is 0.444. The van der Waals surface area contributed by atoms with E-state index in [0.29, 0.717) is 5.92 Å². The Morgan fingerprint density at radius 3 is 3.00 bits per heavy atom. The van der Waals surface area contributed by atoms with Crippen LogP contribution in [0.15, 0.2) is 24.3 Å². The molecule has 0 heterocycles. The lowest BCUT2D eigenvalue weighted by Gasteiger charge is -2.11. The number of nitrogens with one attached hydrogen (secondary N) is 1. The maximum atomic E-state index is 7.02. The van der Waals surface area contributed by atoms with E-state index in [-0.39, 0.29) is 5.17 Å². The van der Waals surface area contributed by atoms with Gasteiger partial charge in [0.1, 0.15) is 0 Å². The van der Waals surface area contributed by atoms with Crippen LogP contribution in [-0.4, -0.2) is 10.9 Å². The predicted molar refractivity (Wildman–Crippen MR) is 55.4 cm³/mol. The molecule has 0 bridgehead atoms. The molecular weight excluding hydrogens is 168 g/mol. The summed E-state index contributed by atoms with van der Waals surface area (Å²) in [6, 6.07) is 0. The van der Waals surface area contributed by atoms with Gasteiger partial charge in [-0.25, -0.2) is 0 Å². The molecule has 1 unspecified atom stereocenters. The Kier molecular flexibility index (Phi) is 3.94. The second kappa shape index (κ2) is 5.04. The van der Waals surface area contributed by atoms with Crippen LogP contribution in [0.1, 0.15) is 12.8 Å². The molecule has 0 aliphatic heterocycles. The van der Waals surface area contributed by atoms with E-state index >= 15 is 0 Å². The molecule has 0 saturated heterocycles. The number of rotatable bonds is 3. The van der Waals surface area contributed by atoms with E-state index < -0.39 is 0 Å². The van der Waals surface area contributed by atoms with E-state index in [4.69, 9.17) is 11.1 Å². The zero-order valence-electron chi connectivity index (χ0n) is 6.99. The van der Waals surface area contributed by atoms with Gasteiger partial charge < -0.3 is 5.73 Å². The Morgan fingerprint density at radius 2 is 2.42 bits per heavy atom. The molecule has 3 N–H and O–H groups in total. The van der Waals surface area contributed by atoms with Gasteiger partial charge in [-0.1, -0.05) is 36.1 Å². The first kappa shape index (κ1) is 9.39. The average Bonchev–Trinajstić information content (AvgIpc) is 2.05. The third-order valence-electron chi connectivity index (χ3n) is 1.82. The van der Waals surface area contributed by atoms with Crippen LogP contribution < -0.4 is 5.73 Å². The lowest BCUT2D eigenvalue weighted by molar-refractivity contribution is 0.639. The van der Waals surface area contributed by atoms with Crippen molar-refractivity contribution in [3.8, 4) is 0 Å². The van der Waals surface area contributed by atoms with Crippen LogP contribution in [0.25, 0.3) is 0 Å². The Morgan fingerprint density at radius 1 is 1.58 bits per heavy atom. The Hall–Kier alpha value is -0.700. The van der Waals surface area contributed by atoms with Gasteiger partial charge in [-0.2, -0.15) is 0 Å². The van der Waals surface area contributed by atoms with Gasteiger partial charge in [0.15, 0.2) is 5.17 Å². The molecule has 1 rings (SSSR count). The minimum Gasteiger partial charge on any atom is -0.379 e. The highest BCUT2D eigenvalue weighted by atomic mass is 32.2. The molecule has 0 spiro atoms. The molecule has 3 heteroatoms. The van der Waals surface area contributed by atoms with E-state index in [9.17, 15) is 0 Å². The highest BCUT2D eigenvalue weighted by molar-refractivity contribution is 8.13. The second-order valence-electron chi connectivity index (χ2n) is 2.81. The minimum atomic E-state index is 0.227. The van der Waals surface area contributed by atoms with Crippen molar-refractivity contribution in [3.05, 3.63) is 24.3 Å². The van der Waals surface area contributed by atoms with Crippen LogP contribution in [0.3, 0.4) is 0 Å². The second-order valence-corrected chi connectivity index (χ2v) is 3.95. The molecule has 0 aromatic rings. The third-order valence-corrected chi connectivity index (χ3v) is 2.57. The van der Waals surface area contributed by atoms with Gasteiger partial charge in [0.25, 0.3) is 0 Å². The van der Waals surface area contributed by atoms with Gasteiger partial charge in [-0.15, -0.1) is 0 Å². The molecule has 1 aliphatic carbocycles. The summed E-state index contributed by atoms with van der Waals surface area (Å²) in [7, 11) is 0. The highest BCUT2D eigenvalue weighted by Crippen LogP contribution is 2.17. The van der Waals surface area contributed by atoms with Crippen LogP contribution in [0.4, 0.5) is 0 Å². The number of hydrogen-bond acceptors (Lipinski definition) is 2. The van der Waals surface area contributed by atoms with Crippen molar-refractivity contribution in [2.75, 3.05) is 5.75 Å². The number of thioether (sulfide) groups is 1. The first-order valence-electron chi connectivity index (χ1n) is 4.09. The molecule has 1 atom stereocenters. The van der Waals surface area contributed by atoms with Crippen LogP contribution in [0.2, 0.25) is 0 Å². The van der Waals surface area contributed by atoms with Crippen molar-refractivity contribution >= 4 is 16.9 Å². The summed E-state index contributed by atoms with van der Waals surface area (Å²) in [5, 5.41) is 7.25. The van der Waals surface area contributed by atoms with Gasteiger partial charge >= 0.3 is 0 Å². The monoisotopic (exact) mass is 182 g/mol. The topological polar surface area (TPSA) is 49.9 Å². The SMILES string of the molecule is N=C(N)SCCC1C=CC=CC1. The summed E-state index contributed by atoms with van der Waals surface area (Å²) in [6.07, 6.45) is 10.8. The number of amidine groups is 1. The van der Waals surface area contributed by atoms with Crippen molar-refractivity contribution in [2.45, 2.75) is 12.8 Å². The molecule has 2 nitrogen and oxygen atoms in total. The van der Waals surface area contributed by atoms with Gasteiger partial charge in [-0.05, 0) is 18.8 Å². The Bertz CT molecular complexity index is 209. The van der Waals surface area contributed by atoms with Crippen molar-refractivity contribution in [1.29, 1.82) is 5.41 Å². The first-order valence-corrected chi connectivity index (χ1v) is 5.08. The molecule has 0 amide bonds. The van der Waals surface area contributed by atoms with Crippen molar-refractivity contribution in [1.82, 2.24) is 0 Å². The smallest absolute Gasteiger partial charge is 0.151 e. The van der Waals surface area contributed by atoms with E-state index in [1.165, 1.54) is 11.8 Å². The van der Waals surface area contributed by atoms with Crippen LogP contribution in [0, 0.1) is 11.3 Å². The average molecular weight is 182 g/mol. The Labute approximate surface area is 77.4 Å². The Balaban J connectivity index is 2.11. The third kappa shape index (κ3) is 3.62. The first-order chi connectivity index (χ1) is 5.79. The van der Waals surface area contributed by atoms with Crippen molar-refractivity contribution in [2.24, 2.45) is 11.7 Å². The molecule has 0 radical (unpaired) electrons. The summed E-state index contributed by atoms with van der Waals surface area (Å²) in [5.74, 6) is 1.61. The highest BCUT2D eigenvalue weighted by Gasteiger charge is 2.04. The van der Waals surface area contributed by atoms with Crippen LogP contribution >= 0.6 is 11.8 Å². The van der Waals surface area contributed by atoms with E-state index in [0.717, 1.165) is 18.6 Å². The zero-order chi connectivity index (χ0) is 8.81. The molecule has 0 aromatic heterocycles. The molecule has 0 aromatic carbocycles. The van der Waals surface area contributed by atoms with Gasteiger partial charge in [0.2, 0.25) is 0 Å². The van der Waals surface area contributed by atoms with Gasteiger partial charge in [0.05, 0.1) is 0 Å². The molecule has 0 fully saturated rings. The lowest BCUT2D eigenvalue weighted by Crippen LogP contribution is -2.06. The summed E-state index contributed by atoms with van der Waals surface area (Å²) in [6.45, 7) is 0. The van der Waals surface area contributed by atoms with Crippen molar-refractivity contribution < 1.29 is 0 Å². The van der Waals surface area contributed by atoms with Gasteiger partial charge in [-0.3, -0.25) is 5.41 Å². The fourth-order valence-electron chi connectivity index (χ4n) is 1.17. The summed E-state index contributed by atoms with van der Waals surface area (Å²) < 4.78 is 0. The van der Waals surface area contributed by atoms with E-state index in [1.54, 1.807) is 0 Å². The summed E-state index contributed by atoms with van der Waals surface area (Å²) >= 11 is 1.43. The lowest BCUT2D eigenvalue weighted by atomic mass is 9.98. The maximum absolute atomic E-state index is 7.02. The summed E-state index contributed by atoms with van der Waals surface area (Å²) in [5.41, 5.74) is 5.22. The van der Waals surface area contributed by atoms with Crippen molar-refractivity contribution in [3.63, 3.8) is 0 Å². The normalized spacial score (nSPS) is 21.2.